The van der Waals surface area contributed by atoms with Crippen LogP contribution in [0.3, 0.4) is 0 Å². The topological polar surface area (TPSA) is 73.9 Å². The zero-order valence-electron chi connectivity index (χ0n) is 12.6. The van der Waals surface area contributed by atoms with Gasteiger partial charge in [-0.25, -0.2) is 13.1 Å². The Hall–Kier alpha value is -0.500. The van der Waals surface area contributed by atoms with Gasteiger partial charge < -0.3 is 13.6 Å². The van der Waals surface area contributed by atoms with Crippen LogP contribution >= 0.6 is 6.72 Å². The van der Waals surface area contributed by atoms with E-state index in [1.807, 2.05) is 0 Å². The van der Waals surface area contributed by atoms with Gasteiger partial charge >= 0.3 is 6.72 Å². The van der Waals surface area contributed by atoms with E-state index < -0.39 is 22.3 Å². The molecule has 1 aromatic carbocycles. The van der Waals surface area contributed by atoms with Crippen LogP contribution < -0.4 is 9.25 Å². The number of benzene rings is 1. The molecular formula is C12H20NO5PS2. The Bertz CT molecular complexity index is 614. The smallest absolute Gasteiger partial charge is 0.380 e. The number of hydrogen-bond donors (Lipinski definition) is 1. The molecular weight excluding hydrogens is 333 g/mol. The van der Waals surface area contributed by atoms with E-state index in [0.717, 1.165) is 0 Å². The van der Waals surface area contributed by atoms with Crippen LogP contribution in [0.4, 0.5) is 0 Å². The third-order valence-electron chi connectivity index (χ3n) is 2.24. The van der Waals surface area contributed by atoms with Gasteiger partial charge in [0, 0.05) is 31.6 Å². The molecule has 0 aliphatic carbocycles. The standard InChI is InChI=1S/C12H20NO5PS2/c1-12(2,3)13-21(14,15)11-8-6-10(7-9-11)18-19(20,16-4)17-5/h6-9,13H,1-5H3. The van der Waals surface area contributed by atoms with Crippen LogP contribution in [0.2, 0.25) is 0 Å². The zero-order valence-corrected chi connectivity index (χ0v) is 15.1. The maximum Gasteiger partial charge on any atom is 0.380 e. The molecule has 6 nitrogen and oxygen atoms in total. The predicted octanol–water partition coefficient (Wildman–Crippen LogP) is 2.66. The average molecular weight is 353 g/mol. The molecule has 0 radical (unpaired) electrons. The summed E-state index contributed by atoms with van der Waals surface area (Å²) in [5.41, 5.74) is -0.554. The molecule has 0 amide bonds. The number of rotatable bonds is 6. The zero-order chi connectivity index (χ0) is 16.3. The SMILES string of the molecule is COP(=S)(OC)Oc1ccc(S(=O)(=O)NC(C)(C)C)cc1. The van der Waals surface area contributed by atoms with Crippen LogP contribution in [0.15, 0.2) is 29.2 Å². The molecule has 0 aliphatic rings. The van der Waals surface area contributed by atoms with E-state index in [-0.39, 0.29) is 4.90 Å². The summed E-state index contributed by atoms with van der Waals surface area (Å²) >= 11 is 5.08. The fourth-order valence-electron chi connectivity index (χ4n) is 1.42. The van der Waals surface area contributed by atoms with Crippen LogP contribution in [0, 0.1) is 0 Å². The fraction of sp³-hybridized carbons (Fsp3) is 0.500. The summed E-state index contributed by atoms with van der Waals surface area (Å²) in [7, 11) is -0.776. The summed E-state index contributed by atoms with van der Waals surface area (Å²) in [6.45, 7) is 2.50. The lowest BCUT2D eigenvalue weighted by Crippen LogP contribution is -2.40. The third-order valence-corrected chi connectivity index (χ3v) is 6.46. The highest BCUT2D eigenvalue weighted by Crippen LogP contribution is 2.48. The Balaban J connectivity index is 2.96. The highest BCUT2D eigenvalue weighted by Gasteiger charge is 2.23. The van der Waals surface area contributed by atoms with Gasteiger partial charge in [-0.2, -0.15) is 0 Å². The van der Waals surface area contributed by atoms with Crippen molar-refractivity contribution in [2.75, 3.05) is 14.2 Å². The van der Waals surface area contributed by atoms with Crippen LogP contribution in [0.1, 0.15) is 20.8 Å². The summed E-state index contributed by atoms with van der Waals surface area (Å²) in [4.78, 5) is 0.146. The van der Waals surface area contributed by atoms with E-state index in [9.17, 15) is 8.42 Å². The Morgan fingerprint density at radius 2 is 1.57 bits per heavy atom. The number of hydrogen-bond acceptors (Lipinski definition) is 6. The van der Waals surface area contributed by atoms with Crippen molar-refractivity contribution >= 4 is 28.5 Å². The van der Waals surface area contributed by atoms with Crippen LogP contribution in [-0.2, 0) is 30.9 Å². The van der Waals surface area contributed by atoms with Gasteiger partial charge in [0.2, 0.25) is 10.0 Å². The second kappa shape index (κ2) is 6.73. The predicted molar refractivity (Wildman–Crippen MR) is 85.4 cm³/mol. The Morgan fingerprint density at radius 1 is 1.10 bits per heavy atom. The van der Waals surface area contributed by atoms with Crippen molar-refractivity contribution in [3.63, 3.8) is 0 Å². The largest absolute Gasteiger partial charge is 0.424 e. The molecule has 1 rings (SSSR count). The summed E-state index contributed by atoms with van der Waals surface area (Å²) < 4.78 is 42.3. The van der Waals surface area contributed by atoms with Crippen LogP contribution in [0.5, 0.6) is 5.75 Å². The van der Waals surface area contributed by atoms with Crippen molar-refractivity contribution in [3.8, 4) is 5.75 Å². The first-order chi connectivity index (χ1) is 9.51. The van der Waals surface area contributed by atoms with Gasteiger partial charge in [-0.1, -0.05) is 0 Å². The van der Waals surface area contributed by atoms with Gasteiger partial charge in [-0.05, 0) is 45.0 Å². The summed E-state index contributed by atoms with van der Waals surface area (Å²) in [6, 6.07) is 5.90. The van der Waals surface area contributed by atoms with Crippen LogP contribution in [0.25, 0.3) is 0 Å². The first kappa shape index (κ1) is 18.5. The molecule has 0 unspecified atom stereocenters. The summed E-state index contributed by atoms with van der Waals surface area (Å²) in [5.74, 6) is 0.386. The minimum atomic E-state index is -3.57. The first-order valence-corrected chi connectivity index (χ1v) is 10.1. The van der Waals surface area contributed by atoms with Crippen molar-refractivity contribution < 1.29 is 22.0 Å². The van der Waals surface area contributed by atoms with E-state index in [2.05, 4.69) is 4.72 Å². The van der Waals surface area contributed by atoms with Crippen molar-refractivity contribution in [1.29, 1.82) is 0 Å². The van der Waals surface area contributed by atoms with Gasteiger partial charge in [0.15, 0.2) is 0 Å². The Morgan fingerprint density at radius 3 is 1.95 bits per heavy atom. The molecule has 0 spiro atoms. The first-order valence-electron chi connectivity index (χ1n) is 6.06. The molecule has 0 aliphatic heterocycles. The van der Waals surface area contributed by atoms with Gasteiger partial charge in [-0.15, -0.1) is 0 Å². The molecule has 1 N–H and O–H groups in total. The lowest BCUT2D eigenvalue weighted by molar-refractivity contribution is 0.273. The van der Waals surface area contributed by atoms with E-state index in [0.29, 0.717) is 5.75 Å². The maximum atomic E-state index is 12.1. The minimum absolute atomic E-state index is 0.146. The highest BCUT2D eigenvalue weighted by molar-refractivity contribution is 8.07. The lowest BCUT2D eigenvalue weighted by Gasteiger charge is -2.21. The molecule has 120 valence electrons. The Kier molecular flexibility index (Phi) is 5.94. The third kappa shape index (κ3) is 5.65. The number of sulfonamides is 1. The van der Waals surface area contributed by atoms with E-state index in [1.54, 1.807) is 20.8 Å². The second-order valence-electron chi connectivity index (χ2n) is 5.23. The summed E-state index contributed by atoms with van der Waals surface area (Å²) in [5, 5.41) is 0. The highest BCUT2D eigenvalue weighted by atomic mass is 32.5. The molecule has 9 heteroatoms. The van der Waals surface area contributed by atoms with Crippen molar-refractivity contribution in [3.05, 3.63) is 24.3 Å². The van der Waals surface area contributed by atoms with Crippen LogP contribution in [-0.4, -0.2) is 28.2 Å². The van der Waals surface area contributed by atoms with E-state index >= 15 is 0 Å². The van der Waals surface area contributed by atoms with Gasteiger partial charge in [0.25, 0.3) is 0 Å². The molecule has 0 bridgehead atoms. The van der Waals surface area contributed by atoms with Gasteiger partial charge in [0.1, 0.15) is 5.75 Å². The van der Waals surface area contributed by atoms with Crippen molar-refractivity contribution in [2.45, 2.75) is 31.2 Å². The monoisotopic (exact) mass is 353 g/mol. The van der Waals surface area contributed by atoms with Gasteiger partial charge in [-0.3, -0.25) is 0 Å². The lowest BCUT2D eigenvalue weighted by atomic mass is 10.1. The van der Waals surface area contributed by atoms with E-state index in [1.165, 1.54) is 38.5 Å². The molecule has 0 aromatic heterocycles. The second-order valence-corrected chi connectivity index (χ2v) is 10.1. The molecule has 0 atom stereocenters. The van der Waals surface area contributed by atoms with Crippen molar-refractivity contribution in [1.82, 2.24) is 4.72 Å². The minimum Gasteiger partial charge on any atom is -0.424 e. The van der Waals surface area contributed by atoms with Gasteiger partial charge in [0.05, 0.1) is 4.90 Å². The molecule has 0 heterocycles. The summed E-state index contributed by atoms with van der Waals surface area (Å²) in [6.07, 6.45) is 0. The maximum absolute atomic E-state index is 12.1. The fourth-order valence-corrected chi connectivity index (χ4v) is 3.77. The molecule has 0 fully saturated rings. The molecule has 1 aromatic rings. The van der Waals surface area contributed by atoms with Crippen molar-refractivity contribution in [2.24, 2.45) is 0 Å². The number of nitrogens with one attached hydrogen (secondary N) is 1. The normalized spacial score (nSPS) is 13.2. The molecule has 0 saturated carbocycles. The van der Waals surface area contributed by atoms with E-state index in [4.69, 9.17) is 25.4 Å². The molecule has 21 heavy (non-hydrogen) atoms. The average Bonchev–Trinajstić information content (AvgIpc) is 2.36. The quantitative estimate of drug-likeness (QED) is 0.793. The Labute approximate surface area is 131 Å². The molecule has 0 saturated heterocycles.